The van der Waals surface area contributed by atoms with Gasteiger partial charge in [-0.05, 0) is 29.7 Å². The molecule has 3 nitrogen and oxygen atoms in total. The average Bonchev–Trinajstić information content (AvgIpc) is 2.54. The number of anilines is 1. The highest BCUT2D eigenvalue weighted by molar-refractivity contribution is 5.93. The van der Waals surface area contributed by atoms with Gasteiger partial charge >= 0.3 is 0 Å². The van der Waals surface area contributed by atoms with E-state index in [2.05, 4.69) is 29.2 Å². The van der Waals surface area contributed by atoms with Crippen LogP contribution in [0.2, 0.25) is 0 Å². The van der Waals surface area contributed by atoms with Gasteiger partial charge in [0.05, 0.1) is 0 Å². The lowest BCUT2D eigenvalue weighted by atomic mass is 10.0. The molecular formula is C17H19N3. The third-order valence-corrected chi connectivity index (χ3v) is 3.89. The fourth-order valence-corrected chi connectivity index (χ4v) is 2.66. The predicted octanol–water partition coefficient (Wildman–Crippen LogP) is 3.12. The number of hydrogen-bond acceptors (Lipinski definition) is 1. The summed E-state index contributed by atoms with van der Waals surface area (Å²) < 4.78 is 0. The van der Waals surface area contributed by atoms with Gasteiger partial charge < -0.3 is 9.80 Å². The highest BCUT2D eigenvalue weighted by Crippen LogP contribution is 2.20. The quantitative estimate of drug-likeness (QED) is 0.634. The Bertz CT molecular complexity index is 607. The summed E-state index contributed by atoms with van der Waals surface area (Å²) in [5.74, 6) is 0.561. The second-order valence-electron chi connectivity index (χ2n) is 5.16. The number of hydrogen-bond donors (Lipinski definition) is 1. The minimum Gasteiger partial charge on any atom is -0.338 e. The van der Waals surface area contributed by atoms with E-state index in [4.69, 9.17) is 5.41 Å². The van der Waals surface area contributed by atoms with Crippen molar-refractivity contribution in [3.63, 3.8) is 0 Å². The van der Waals surface area contributed by atoms with Crippen molar-refractivity contribution in [2.75, 3.05) is 18.5 Å². The Hall–Kier alpha value is -2.29. The van der Waals surface area contributed by atoms with Crippen molar-refractivity contribution in [1.82, 2.24) is 4.90 Å². The number of benzene rings is 2. The van der Waals surface area contributed by atoms with Crippen molar-refractivity contribution >= 4 is 11.6 Å². The molecule has 1 heterocycles. The van der Waals surface area contributed by atoms with Crippen LogP contribution in [0.4, 0.5) is 5.69 Å². The summed E-state index contributed by atoms with van der Waals surface area (Å²) in [7, 11) is 1.96. The Kier molecular flexibility index (Phi) is 3.42. The van der Waals surface area contributed by atoms with Gasteiger partial charge in [-0.2, -0.15) is 0 Å². The molecule has 2 aromatic rings. The molecule has 20 heavy (non-hydrogen) atoms. The van der Waals surface area contributed by atoms with Crippen molar-refractivity contribution in [3.8, 4) is 0 Å². The van der Waals surface area contributed by atoms with Crippen LogP contribution in [0.5, 0.6) is 0 Å². The lowest BCUT2D eigenvalue weighted by Crippen LogP contribution is -2.44. The van der Waals surface area contributed by atoms with Crippen LogP contribution in [0.3, 0.4) is 0 Å². The van der Waals surface area contributed by atoms with Gasteiger partial charge in [-0.1, -0.05) is 42.5 Å². The molecule has 2 aromatic carbocycles. The summed E-state index contributed by atoms with van der Waals surface area (Å²) in [5.41, 5.74) is 3.81. The second kappa shape index (κ2) is 5.37. The number of guanidine groups is 1. The van der Waals surface area contributed by atoms with Crippen LogP contribution in [0.15, 0.2) is 54.6 Å². The minimum atomic E-state index is 0.561. The Morgan fingerprint density at radius 1 is 1.00 bits per heavy atom. The molecule has 0 bridgehead atoms. The molecule has 3 heteroatoms. The Labute approximate surface area is 120 Å². The zero-order chi connectivity index (χ0) is 13.9. The minimum absolute atomic E-state index is 0.561. The Morgan fingerprint density at radius 3 is 2.40 bits per heavy atom. The van der Waals surface area contributed by atoms with Crippen molar-refractivity contribution in [2.24, 2.45) is 0 Å². The predicted molar refractivity (Wildman–Crippen MR) is 83.1 cm³/mol. The largest absolute Gasteiger partial charge is 0.338 e. The van der Waals surface area contributed by atoms with Crippen molar-refractivity contribution in [3.05, 3.63) is 65.7 Å². The molecule has 1 N–H and O–H groups in total. The number of fused-ring (bicyclic) bond motifs is 1. The number of para-hydroxylation sites is 1. The third-order valence-electron chi connectivity index (χ3n) is 3.89. The SMILES string of the molecule is CN(C(=N)N1CCc2ccccc2C1)c1ccccc1. The van der Waals surface area contributed by atoms with Crippen LogP contribution in [0.25, 0.3) is 0 Å². The van der Waals surface area contributed by atoms with Crippen molar-refractivity contribution in [2.45, 2.75) is 13.0 Å². The molecule has 0 saturated carbocycles. The molecule has 3 rings (SSSR count). The molecule has 0 aromatic heterocycles. The number of nitrogens with one attached hydrogen (secondary N) is 1. The zero-order valence-electron chi connectivity index (χ0n) is 11.7. The molecule has 0 radical (unpaired) electrons. The molecular weight excluding hydrogens is 246 g/mol. The molecule has 102 valence electrons. The molecule has 0 unspecified atom stereocenters. The lowest BCUT2D eigenvalue weighted by Gasteiger charge is -2.34. The molecule has 0 aliphatic carbocycles. The normalized spacial score (nSPS) is 13.8. The second-order valence-corrected chi connectivity index (χ2v) is 5.16. The first-order valence-corrected chi connectivity index (χ1v) is 6.95. The Morgan fingerprint density at radius 2 is 1.65 bits per heavy atom. The van der Waals surface area contributed by atoms with Crippen LogP contribution in [-0.2, 0) is 13.0 Å². The molecule has 0 fully saturated rings. The standard InChI is InChI=1S/C17H19N3/c1-19(16-9-3-2-4-10-16)17(18)20-12-11-14-7-5-6-8-15(14)13-20/h2-10,18H,11-13H2,1H3. The van der Waals surface area contributed by atoms with E-state index in [9.17, 15) is 0 Å². The summed E-state index contributed by atoms with van der Waals surface area (Å²) in [6, 6.07) is 18.6. The molecule has 0 saturated heterocycles. The van der Waals surface area contributed by atoms with E-state index in [0.29, 0.717) is 5.96 Å². The third kappa shape index (κ3) is 2.39. The van der Waals surface area contributed by atoms with Crippen LogP contribution in [0.1, 0.15) is 11.1 Å². The first kappa shape index (κ1) is 12.7. The molecule has 0 atom stereocenters. The Balaban J connectivity index is 1.76. The zero-order valence-corrected chi connectivity index (χ0v) is 11.7. The summed E-state index contributed by atoms with van der Waals surface area (Å²) in [6.07, 6.45) is 1.02. The fraction of sp³-hybridized carbons (Fsp3) is 0.235. The number of nitrogens with zero attached hydrogens (tertiary/aromatic N) is 2. The maximum Gasteiger partial charge on any atom is 0.198 e. The average molecular weight is 265 g/mol. The highest BCUT2D eigenvalue weighted by atomic mass is 15.3. The summed E-state index contributed by atoms with van der Waals surface area (Å²) >= 11 is 0. The van der Waals surface area contributed by atoms with Gasteiger partial charge in [0.1, 0.15) is 0 Å². The van der Waals surface area contributed by atoms with E-state index in [1.165, 1.54) is 11.1 Å². The smallest absolute Gasteiger partial charge is 0.198 e. The van der Waals surface area contributed by atoms with E-state index in [1.54, 1.807) is 0 Å². The monoisotopic (exact) mass is 265 g/mol. The van der Waals surface area contributed by atoms with Gasteiger partial charge in [0, 0.05) is 25.8 Å². The first-order chi connectivity index (χ1) is 9.75. The molecule has 1 aliphatic rings. The molecule has 0 amide bonds. The van der Waals surface area contributed by atoms with Crippen molar-refractivity contribution < 1.29 is 0 Å². The maximum atomic E-state index is 8.42. The number of rotatable bonds is 1. The van der Waals surface area contributed by atoms with Gasteiger partial charge in [0.15, 0.2) is 5.96 Å². The van der Waals surface area contributed by atoms with E-state index in [0.717, 1.165) is 25.2 Å². The van der Waals surface area contributed by atoms with Crippen LogP contribution in [0, 0.1) is 5.41 Å². The first-order valence-electron chi connectivity index (χ1n) is 6.95. The van der Waals surface area contributed by atoms with Crippen LogP contribution in [-0.4, -0.2) is 24.5 Å². The van der Waals surface area contributed by atoms with E-state index in [-0.39, 0.29) is 0 Å². The van der Waals surface area contributed by atoms with Crippen LogP contribution < -0.4 is 4.90 Å². The van der Waals surface area contributed by atoms with Crippen molar-refractivity contribution in [1.29, 1.82) is 5.41 Å². The molecule has 0 spiro atoms. The van der Waals surface area contributed by atoms with Gasteiger partial charge in [-0.3, -0.25) is 5.41 Å². The molecule has 1 aliphatic heterocycles. The topological polar surface area (TPSA) is 30.3 Å². The highest BCUT2D eigenvalue weighted by Gasteiger charge is 2.20. The van der Waals surface area contributed by atoms with Gasteiger partial charge in [0.2, 0.25) is 0 Å². The van der Waals surface area contributed by atoms with Gasteiger partial charge in [-0.15, -0.1) is 0 Å². The fourth-order valence-electron chi connectivity index (χ4n) is 2.66. The lowest BCUT2D eigenvalue weighted by molar-refractivity contribution is 0.385. The van der Waals surface area contributed by atoms with Gasteiger partial charge in [-0.25, -0.2) is 0 Å². The van der Waals surface area contributed by atoms with Crippen LogP contribution >= 0.6 is 0 Å². The summed E-state index contributed by atoms with van der Waals surface area (Å²) in [6.45, 7) is 1.74. The maximum absolute atomic E-state index is 8.42. The van der Waals surface area contributed by atoms with E-state index in [1.807, 2.05) is 42.3 Å². The van der Waals surface area contributed by atoms with E-state index >= 15 is 0 Å². The summed E-state index contributed by atoms with van der Waals surface area (Å²) in [5, 5.41) is 8.42. The van der Waals surface area contributed by atoms with Gasteiger partial charge in [0.25, 0.3) is 0 Å². The van der Waals surface area contributed by atoms with E-state index < -0.39 is 0 Å². The summed E-state index contributed by atoms with van der Waals surface area (Å²) in [4.78, 5) is 4.07.